The predicted molar refractivity (Wildman–Crippen MR) is 70.8 cm³/mol. The quantitative estimate of drug-likeness (QED) is 0.786. The molecule has 1 fully saturated rings. The second-order valence-corrected chi connectivity index (χ2v) is 6.26. The van der Waals surface area contributed by atoms with Crippen molar-refractivity contribution >= 4 is 17.4 Å². The maximum Gasteiger partial charge on any atom is 0.410 e. The van der Waals surface area contributed by atoms with Crippen LogP contribution in [0.15, 0.2) is 17.5 Å². The number of carbonyl (C=O) groups is 1. The van der Waals surface area contributed by atoms with Crippen LogP contribution in [-0.2, 0) is 9.47 Å². The van der Waals surface area contributed by atoms with E-state index in [1.165, 1.54) is 0 Å². The van der Waals surface area contributed by atoms with Gasteiger partial charge in [0.05, 0.1) is 19.3 Å². The molecular weight excluding hydrogens is 250 g/mol. The van der Waals surface area contributed by atoms with Gasteiger partial charge in [0.15, 0.2) is 0 Å². The zero-order valence-corrected chi connectivity index (χ0v) is 11.8. The lowest BCUT2D eigenvalue weighted by Gasteiger charge is -2.36. The molecule has 0 aliphatic carbocycles. The number of rotatable bonds is 1. The lowest BCUT2D eigenvalue weighted by atomic mass is 10.2. The zero-order valence-electron chi connectivity index (χ0n) is 11.0. The second-order valence-electron chi connectivity index (χ2n) is 5.28. The van der Waals surface area contributed by atoms with Crippen LogP contribution < -0.4 is 0 Å². The molecule has 2 heterocycles. The Balaban J connectivity index is 2.11. The number of hydrogen-bond donors (Lipinski definition) is 0. The van der Waals surface area contributed by atoms with Crippen LogP contribution in [0.1, 0.15) is 31.7 Å². The molecule has 5 heteroatoms. The Hall–Kier alpha value is -1.07. The molecule has 1 amide bonds. The Morgan fingerprint density at radius 3 is 2.94 bits per heavy atom. The Kier molecular flexibility index (Phi) is 3.92. The molecule has 1 unspecified atom stereocenters. The lowest BCUT2D eigenvalue weighted by Crippen LogP contribution is -2.45. The van der Waals surface area contributed by atoms with E-state index in [9.17, 15) is 4.79 Å². The van der Waals surface area contributed by atoms with E-state index in [2.05, 4.69) is 0 Å². The molecular formula is C13H19NO3S. The molecule has 1 saturated heterocycles. The van der Waals surface area contributed by atoms with E-state index < -0.39 is 5.60 Å². The molecule has 1 aromatic rings. The van der Waals surface area contributed by atoms with Gasteiger partial charge in [-0.05, 0) is 32.2 Å². The first-order chi connectivity index (χ1) is 8.47. The highest BCUT2D eigenvalue weighted by Gasteiger charge is 2.32. The first-order valence-corrected chi connectivity index (χ1v) is 6.96. The molecule has 0 spiro atoms. The fraction of sp³-hybridized carbons (Fsp3) is 0.615. The second kappa shape index (κ2) is 5.28. The van der Waals surface area contributed by atoms with Crippen molar-refractivity contribution in [3.05, 3.63) is 22.4 Å². The Morgan fingerprint density at radius 2 is 2.33 bits per heavy atom. The van der Waals surface area contributed by atoms with E-state index in [-0.39, 0.29) is 12.1 Å². The molecule has 4 nitrogen and oxygen atoms in total. The van der Waals surface area contributed by atoms with E-state index in [1.54, 1.807) is 16.2 Å². The molecule has 1 aliphatic heterocycles. The van der Waals surface area contributed by atoms with E-state index in [4.69, 9.17) is 9.47 Å². The van der Waals surface area contributed by atoms with Gasteiger partial charge in [0.25, 0.3) is 0 Å². The van der Waals surface area contributed by atoms with Crippen molar-refractivity contribution in [3.63, 3.8) is 0 Å². The molecule has 18 heavy (non-hydrogen) atoms. The SMILES string of the molecule is CC(C)(C)OC(=O)N1CCOCC1c1cccs1. The van der Waals surface area contributed by atoms with Gasteiger partial charge in [-0.25, -0.2) is 4.79 Å². The fourth-order valence-electron chi connectivity index (χ4n) is 1.86. The number of amides is 1. The minimum absolute atomic E-state index is 0.0198. The third kappa shape index (κ3) is 3.23. The summed E-state index contributed by atoms with van der Waals surface area (Å²) in [7, 11) is 0. The minimum atomic E-state index is -0.463. The molecule has 1 atom stereocenters. The van der Waals surface area contributed by atoms with Crippen LogP contribution in [0.5, 0.6) is 0 Å². The molecule has 100 valence electrons. The normalized spacial score (nSPS) is 20.8. The topological polar surface area (TPSA) is 38.8 Å². The zero-order chi connectivity index (χ0) is 13.2. The van der Waals surface area contributed by atoms with Crippen LogP contribution in [0.25, 0.3) is 0 Å². The third-order valence-electron chi connectivity index (χ3n) is 2.63. The van der Waals surface area contributed by atoms with Crippen molar-refractivity contribution in [2.24, 2.45) is 0 Å². The highest BCUT2D eigenvalue weighted by molar-refractivity contribution is 7.10. The summed E-state index contributed by atoms with van der Waals surface area (Å²) in [6.07, 6.45) is -0.260. The number of nitrogens with zero attached hydrogens (tertiary/aromatic N) is 1. The Labute approximate surface area is 111 Å². The van der Waals surface area contributed by atoms with Crippen LogP contribution in [0.2, 0.25) is 0 Å². The van der Waals surface area contributed by atoms with E-state index in [0.29, 0.717) is 19.8 Å². The van der Waals surface area contributed by atoms with Gasteiger partial charge in [-0.2, -0.15) is 0 Å². The van der Waals surface area contributed by atoms with Crippen molar-refractivity contribution in [1.82, 2.24) is 4.90 Å². The summed E-state index contributed by atoms with van der Waals surface area (Å²) >= 11 is 1.64. The van der Waals surface area contributed by atoms with Gasteiger partial charge in [0.1, 0.15) is 5.60 Å². The van der Waals surface area contributed by atoms with E-state index in [1.807, 2.05) is 38.3 Å². The largest absolute Gasteiger partial charge is 0.444 e. The average Bonchev–Trinajstić information content (AvgIpc) is 2.80. The summed E-state index contributed by atoms with van der Waals surface area (Å²) in [5.74, 6) is 0. The minimum Gasteiger partial charge on any atom is -0.444 e. The van der Waals surface area contributed by atoms with E-state index >= 15 is 0 Å². The molecule has 1 aromatic heterocycles. The van der Waals surface area contributed by atoms with Gasteiger partial charge < -0.3 is 9.47 Å². The fourth-order valence-corrected chi connectivity index (χ4v) is 2.68. The number of thiophene rings is 1. The third-order valence-corrected chi connectivity index (χ3v) is 3.60. The molecule has 0 bridgehead atoms. The maximum atomic E-state index is 12.2. The summed E-state index contributed by atoms with van der Waals surface area (Å²) in [6, 6.07) is 4.00. The number of morpholine rings is 1. The molecule has 0 saturated carbocycles. The molecule has 2 rings (SSSR count). The maximum absolute atomic E-state index is 12.2. The first-order valence-electron chi connectivity index (χ1n) is 6.08. The summed E-state index contributed by atoms with van der Waals surface area (Å²) in [6.45, 7) is 7.33. The first kappa shape index (κ1) is 13.4. The van der Waals surface area contributed by atoms with Crippen LogP contribution >= 0.6 is 11.3 Å². The van der Waals surface area contributed by atoms with Crippen LogP contribution in [0, 0.1) is 0 Å². The molecule has 0 radical (unpaired) electrons. The van der Waals surface area contributed by atoms with Gasteiger partial charge in [-0.1, -0.05) is 6.07 Å². The van der Waals surface area contributed by atoms with Gasteiger partial charge >= 0.3 is 6.09 Å². The smallest absolute Gasteiger partial charge is 0.410 e. The number of hydrogen-bond acceptors (Lipinski definition) is 4. The summed E-state index contributed by atoms with van der Waals surface area (Å²) < 4.78 is 10.9. The average molecular weight is 269 g/mol. The van der Waals surface area contributed by atoms with Crippen molar-refractivity contribution in [2.75, 3.05) is 19.8 Å². The van der Waals surface area contributed by atoms with E-state index in [0.717, 1.165) is 4.88 Å². The lowest BCUT2D eigenvalue weighted by molar-refractivity contribution is -0.0322. The van der Waals surface area contributed by atoms with Crippen molar-refractivity contribution in [2.45, 2.75) is 32.4 Å². The standard InChI is InChI=1S/C13H19NO3S/c1-13(2,3)17-12(15)14-6-7-16-9-10(14)11-5-4-8-18-11/h4-5,8,10H,6-7,9H2,1-3H3. The number of ether oxygens (including phenoxy) is 2. The van der Waals surface area contributed by atoms with Gasteiger partial charge in [0.2, 0.25) is 0 Å². The van der Waals surface area contributed by atoms with Gasteiger partial charge in [0, 0.05) is 11.4 Å². The highest BCUT2D eigenvalue weighted by Crippen LogP contribution is 2.29. The number of carbonyl (C=O) groups excluding carboxylic acids is 1. The van der Waals surface area contributed by atoms with Crippen LogP contribution in [0.3, 0.4) is 0 Å². The van der Waals surface area contributed by atoms with Gasteiger partial charge in [-0.15, -0.1) is 11.3 Å². The molecule has 0 N–H and O–H groups in total. The summed E-state index contributed by atoms with van der Waals surface area (Å²) in [4.78, 5) is 15.1. The van der Waals surface area contributed by atoms with Crippen molar-refractivity contribution < 1.29 is 14.3 Å². The molecule has 1 aliphatic rings. The van der Waals surface area contributed by atoms with Crippen LogP contribution in [-0.4, -0.2) is 36.4 Å². The monoisotopic (exact) mass is 269 g/mol. The van der Waals surface area contributed by atoms with Crippen LogP contribution in [0.4, 0.5) is 4.79 Å². The Morgan fingerprint density at radius 1 is 1.56 bits per heavy atom. The Bertz CT molecular complexity index is 397. The predicted octanol–water partition coefficient (Wildman–Crippen LogP) is 3.06. The van der Waals surface area contributed by atoms with Crippen molar-refractivity contribution in [3.8, 4) is 0 Å². The van der Waals surface area contributed by atoms with Crippen molar-refractivity contribution in [1.29, 1.82) is 0 Å². The van der Waals surface area contributed by atoms with Gasteiger partial charge in [-0.3, -0.25) is 4.90 Å². The highest BCUT2D eigenvalue weighted by atomic mass is 32.1. The molecule has 0 aromatic carbocycles. The summed E-state index contributed by atoms with van der Waals surface area (Å²) in [5, 5.41) is 2.01. The summed E-state index contributed by atoms with van der Waals surface area (Å²) in [5.41, 5.74) is -0.463.